The van der Waals surface area contributed by atoms with E-state index >= 15 is 0 Å². The third-order valence-corrected chi connectivity index (χ3v) is 3.53. The minimum Gasteiger partial charge on any atom is -0.329 e. The molecular weight excluding hydrogens is 299 g/mol. The summed E-state index contributed by atoms with van der Waals surface area (Å²) < 4.78 is 41.4. The number of halogens is 3. The molecule has 2 aromatic rings. The summed E-state index contributed by atoms with van der Waals surface area (Å²) in [5, 5.41) is 6.06. The third-order valence-electron chi connectivity index (χ3n) is 3.53. The number of alkyl halides is 3. The van der Waals surface area contributed by atoms with Gasteiger partial charge in [0.25, 0.3) is 0 Å². The molecule has 5 nitrogen and oxygen atoms in total. The summed E-state index contributed by atoms with van der Waals surface area (Å²) in [7, 11) is 0. The van der Waals surface area contributed by atoms with Crippen molar-refractivity contribution >= 4 is 11.6 Å². The zero-order chi connectivity index (χ0) is 15.9. The van der Waals surface area contributed by atoms with Crippen molar-refractivity contribution in [3.63, 3.8) is 0 Å². The first kappa shape index (κ1) is 14.6. The van der Waals surface area contributed by atoms with Crippen LogP contribution in [0.4, 0.5) is 18.9 Å². The van der Waals surface area contributed by atoms with Crippen LogP contribution in [0.5, 0.6) is 0 Å². The third kappa shape index (κ3) is 2.95. The van der Waals surface area contributed by atoms with Gasteiger partial charge < -0.3 is 9.84 Å². The van der Waals surface area contributed by atoms with Crippen molar-refractivity contribution in [2.24, 2.45) is 11.8 Å². The minimum absolute atomic E-state index is 0.0424. The maximum Gasteiger partial charge on any atom is 0.471 e. The Labute approximate surface area is 123 Å². The van der Waals surface area contributed by atoms with Gasteiger partial charge in [0.1, 0.15) is 0 Å². The molecule has 1 aliphatic rings. The van der Waals surface area contributed by atoms with Gasteiger partial charge in [-0.05, 0) is 36.6 Å². The minimum atomic E-state index is -4.67. The number of hydrogen-bond donors (Lipinski definition) is 1. The number of nitrogens with zero attached hydrogens (tertiary/aromatic N) is 2. The maximum absolute atomic E-state index is 12.4. The SMILES string of the molecule is CC1CC1C(=O)Nc1ccc(-c2noc(C(F)(F)F)n2)cc1. The van der Waals surface area contributed by atoms with Gasteiger partial charge in [-0.2, -0.15) is 18.2 Å². The largest absolute Gasteiger partial charge is 0.471 e. The second-order valence-corrected chi connectivity index (χ2v) is 5.31. The average molecular weight is 311 g/mol. The highest BCUT2D eigenvalue weighted by atomic mass is 19.4. The fourth-order valence-electron chi connectivity index (χ4n) is 2.08. The van der Waals surface area contributed by atoms with Gasteiger partial charge in [0.05, 0.1) is 0 Å². The van der Waals surface area contributed by atoms with Crippen LogP contribution in [0.2, 0.25) is 0 Å². The number of benzene rings is 1. The Balaban J connectivity index is 1.71. The second kappa shape index (κ2) is 5.11. The van der Waals surface area contributed by atoms with Gasteiger partial charge in [-0.1, -0.05) is 12.1 Å². The molecule has 0 bridgehead atoms. The number of anilines is 1. The molecule has 116 valence electrons. The van der Waals surface area contributed by atoms with Crippen molar-refractivity contribution in [2.45, 2.75) is 19.5 Å². The molecule has 1 aliphatic carbocycles. The van der Waals surface area contributed by atoms with Gasteiger partial charge in [-0.25, -0.2) is 0 Å². The van der Waals surface area contributed by atoms with Gasteiger partial charge in [0.2, 0.25) is 11.7 Å². The van der Waals surface area contributed by atoms with Crippen molar-refractivity contribution in [2.75, 3.05) is 5.32 Å². The summed E-state index contributed by atoms with van der Waals surface area (Å²) in [6.45, 7) is 2.00. The smallest absolute Gasteiger partial charge is 0.329 e. The van der Waals surface area contributed by atoms with E-state index in [1.165, 1.54) is 12.1 Å². The highest BCUT2D eigenvalue weighted by Gasteiger charge is 2.39. The quantitative estimate of drug-likeness (QED) is 0.944. The Morgan fingerprint density at radius 3 is 2.45 bits per heavy atom. The highest BCUT2D eigenvalue weighted by Crippen LogP contribution is 2.38. The average Bonchev–Trinajstić information content (AvgIpc) is 2.99. The molecule has 1 amide bonds. The van der Waals surface area contributed by atoms with Crippen molar-refractivity contribution < 1.29 is 22.5 Å². The lowest BCUT2D eigenvalue weighted by Gasteiger charge is -2.04. The second-order valence-electron chi connectivity index (χ2n) is 5.31. The fourth-order valence-corrected chi connectivity index (χ4v) is 2.08. The fraction of sp³-hybridized carbons (Fsp3) is 0.357. The van der Waals surface area contributed by atoms with E-state index in [1.54, 1.807) is 12.1 Å². The number of aromatic nitrogens is 2. The number of amides is 1. The van der Waals surface area contributed by atoms with Gasteiger partial charge in [-0.3, -0.25) is 4.79 Å². The van der Waals surface area contributed by atoms with E-state index in [2.05, 4.69) is 20.0 Å². The first-order chi connectivity index (χ1) is 10.3. The summed E-state index contributed by atoms with van der Waals surface area (Å²) in [5.41, 5.74) is 0.949. The molecule has 1 N–H and O–H groups in total. The molecule has 1 saturated carbocycles. The summed E-state index contributed by atoms with van der Waals surface area (Å²) in [4.78, 5) is 15.1. The Bertz CT molecular complexity index is 694. The van der Waals surface area contributed by atoms with E-state index in [0.717, 1.165) is 6.42 Å². The maximum atomic E-state index is 12.4. The Hall–Kier alpha value is -2.38. The lowest BCUT2D eigenvalue weighted by Crippen LogP contribution is -2.14. The molecular formula is C14H12F3N3O2. The van der Waals surface area contributed by atoms with Crippen molar-refractivity contribution in [3.05, 3.63) is 30.2 Å². The molecule has 1 aromatic heterocycles. The van der Waals surface area contributed by atoms with Crippen LogP contribution < -0.4 is 5.32 Å². The van der Waals surface area contributed by atoms with Gasteiger partial charge in [-0.15, -0.1) is 0 Å². The highest BCUT2D eigenvalue weighted by molar-refractivity contribution is 5.94. The lowest BCUT2D eigenvalue weighted by molar-refractivity contribution is -0.159. The molecule has 0 saturated heterocycles. The predicted molar refractivity (Wildman–Crippen MR) is 70.6 cm³/mol. The molecule has 2 unspecified atom stereocenters. The predicted octanol–water partition coefficient (Wildman–Crippen LogP) is 3.35. The Kier molecular flexibility index (Phi) is 3.38. The number of hydrogen-bond acceptors (Lipinski definition) is 4. The van der Waals surface area contributed by atoms with Crippen LogP contribution in [0.15, 0.2) is 28.8 Å². The standard InChI is InChI=1S/C14H12F3N3O2/c1-7-6-10(7)12(21)18-9-4-2-8(3-5-9)11-19-13(22-20-11)14(15,16)17/h2-5,7,10H,6H2,1H3,(H,18,21). The lowest BCUT2D eigenvalue weighted by atomic mass is 10.2. The normalized spacial score (nSPS) is 20.7. The van der Waals surface area contributed by atoms with Crippen LogP contribution in [0.25, 0.3) is 11.4 Å². The molecule has 1 aromatic carbocycles. The topological polar surface area (TPSA) is 68.0 Å². The van der Waals surface area contributed by atoms with Crippen LogP contribution in [0.3, 0.4) is 0 Å². The number of carbonyl (C=O) groups is 1. The van der Waals surface area contributed by atoms with Crippen molar-refractivity contribution in [1.82, 2.24) is 10.1 Å². The molecule has 0 aliphatic heterocycles. The molecule has 0 spiro atoms. The molecule has 22 heavy (non-hydrogen) atoms. The molecule has 1 heterocycles. The molecule has 0 radical (unpaired) electrons. The van der Waals surface area contributed by atoms with Gasteiger partial charge >= 0.3 is 12.1 Å². The molecule has 1 fully saturated rings. The van der Waals surface area contributed by atoms with Crippen LogP contribution in [-0.4, -0.2) is 16.0 Å². The molecule has 8 heteroatoms. The van der Waals surface area contributed by atoms with Crippen molar-refractivity contribution in [3.8, 4) is 11.4 Å². The van der Waals surface area contributed by atoms with Crippen LogP contribution >= 0.6 is 0 Å². The zero-order valence-electron chi connectivity index (χ0n) is 11.5. The molecule has 3 rings (SSSR count). The number of rotatable bonds is 3. The van der Waals surface area contributed by atoms with Crippen molar-refractivity contribution in [1.29, 1.82) is 0 Å². The summed E-state index contributed by atoms with van der Waals surface area (Å²) in [5.74, 6) is -1.13. The number of carbonyl (C=O) groups excluding carboxylic acids is 1. The van der Waals surface area contributed by atoms with E-state index < -0.39 is 12.1 Å². The van der Waals surface area contributed by atoms with Crippen LogP contribution in [-0.2, 0) is 11.0 Å². The first-order valence-corrected chi connectivity index (χ1v) is 6.67. The Morgan fingerprint density at radius 1 is 1.32 bits per heavy atom. The summed E-state index contributed by atoms with van der Waals surface area (Å²) in [6.07, 6.45) is -3.78. The van der Waals surface area contributed by atoms with E-state index in [4.69, 9.17) is 0 Å². The van der Waals surface area contributed by atoms with E-state index in [0.29, 0.717) is 17.2 Å². The summed E-state index contributed by atoms with van der Waals surface area (Å²) in [6, 6.07) is 6.22. The van der Waals surface area contributed by atoms with Crippen LogP contribution in [0.1, 0.15) is 19.2 Å². The van der Waals surface area contributed by atoms with Gasteiger partial charge in [0.15, 0.2) is 0 Å². The zero-order valence-corrected chi connectivity index (χ0v) is 11.5. The van der Waals surface area contributed by atoms with E-state index in [1.807, 2.05) is 6.92 Å². The molecule has 2 atom stereocenters. The summed E-state index contributed by atoms with van der Waals surface area (Å²) >= 11 is 0. The van der Waals surface area contributed by atoms with Gasteiger partial charge in [0, 0.05) is 17.2 Å². The first-order valence-electron chi connectivity index (χ1n) is 6.67. The van der Waals surface area contributed by atoms with E-state index in [-0.39, 0.29) is 17.6 Å². The van der Waals surface area contributed by atoms with E-state index in [9.17, 15) is 18.0 Å². The van der Waals surface area contributed by atoms with Crippen LogP contribution in [0, 0.1) is 11.8 Å². The number of nitrogens with one attached hydrogen (secondary N) is 1. The Morgan fingerprint density at radius 2 is 1.95 bits per heavy atom. The monoisotopic (exact) mass is 311 g/mol.